The zero-order valence-electron chi connectivity index (χ0n) is 14.4. The normalized spacial score (nSPS) is 11.3. The average molecular weight is 366 g/mol. The molecular formula is C18H18N6OS. The molecule has 0 unspecified atom stereocenters. The molecule has 1 amide bonds. The largest absolute Gasteiger partial charge is 0.294 e. The average Bonchev–Trinajstić information content (AvgIpc) is 3.33. The first kappa shape index (κ1) is 16.5. The molecule has 0 aliphatic carbocycles. The van der Waals surface area contributed by atoms with Crippen molar-refractivity contribution in [1.29, 1.82) is 0 Å². The molecule has 132 valence electrons. The fourth-order valence-corrected chi connectivity index (χ4v) is 3.50. The molecule has 0 aliphatic rings. The number of anilines is 1. The van der Waals surface area contributed by atoms with E-state index in [1.807, 2.05) is 60.2 Å². The predicted molar refractivity (Wildman–Crippen MR) is 101 cm³/mol. The van der Waals surface area contributed by atoms with Crippen molar-refractivity contribution < 1.29 is 4.79 Å². The number of rotatable bonds is 5. The quantitative estimate of drug-likeness (QED) is 0.566. The van der Waals surface area contributed by atoms with E-state index in [9.17, 15) is 4.79 Å². The van der Waals surface area contributed by atoms with Crippen molar-refractivity contribution >= 4 is 28.2 Å². The standard InChI is InChI=1S/C18H18N6OS/c1-11(2)16-21-17(23-22-16)20-15(25)8-13-10-26-18-19-14(9-24(13)18)12-6-4-3-5-7-12/h3-7,9-11H,8H2,1-2H3,(H2,20,21,22,23,25). The van der Waals surface area contributed by atoms with Crippen LogP contribution in [0.1, 0.15) is 31.3 Å². The maximum Gasteiger partial charge on any atom is 0.248 e. The molecule has 0 radical (unpaired) electrons. The number of carbonyl (C=O) groups excluding carboxylic acids is 1. The highest BCUT2D eigenvalue weighted by Crippen LogP contribution is 2.23. The number of nitrogens with zero attached hydrogens (tertiary/aromatic N) is 4. The molecule has 26 heavy (non-hydrogen) atoms. The molecule has 4 aromatic rings. The predicted octanol–water partition coefficient (Wildman–Crippen LogP) is 3.49. The lowest BCUT2D eigenvalue weighted by molar-refractivity contribution is -0.115. The Bertz CT molecular complexity index is 1050. The number of aromatic amines is 1. The number of H-pyrrole nitrogens is 1. The Hall–Kier alpha value is -3.00. The molecule has 8 heteroatoms. The first-order valence-corrected chi connectivity index (χ1v) is 9.21. The van der Waals surface area contributed by atoms with Crippen LogP contribution in [0.4, 0.5) is 5.95 Å². The van der Waals surface area contributed by atoms with E-state index in [1.54, 1.807) is 0 Å². The zero-order valence-corrected chi connectivity index (χ0v) is 15.2. The van der Waals surface area contributed by atoms with Crippen molar-refractivity contribution in [3.05, 3.63) is 53.4 Å². The summed E-state index contributed by atoms with van der Waals surface area (Å²) in [4.78, 5) is 22.1. The fraction of sp³-hybridized carbons (Fsp3) is 0.222. The Morgan fingerprint density at radius 1 is 1.27 bits per heavy atom. The molecule has 2 N–H and O–H groups in total. The number of aromatic nitrogens is 5. The third-order valence-corrected chi connectivity index (χ3v) is 4.88. The van der Waals surface area contributed by atoms with Crippen LogP contribution < -0.4 is 5.32 Å². The van der Waals surface area contributed by atoms with Gasteiger partial charge in [-0.3, -0.25) is 19.6 Å². The van der Waals surface area contributed by atoms with Crippen LogP contribution in [0.15, 0.2) is 41.9 Å². The van der Waals surface area contributed by atoms with Crippen molar-refractivity contribution in [2.24, 2.45) is 0 Å². The lowest BCUT2D eigenvalue weighted by Gasteiger charge is -2.00. The number of benzene rings is 1. The Balaban J connectivity index is 1.51. The number of hydrogen-bond donors (Lipinski definition) is 2. The highest BCUT2D eigenvalue weighted by atomic mass is 32.1. The van der Waals surface area contributed by atoms with Crippen molar-refractivity contribution in [1.82, 2.24) is 24.6 Å². The molecule has 3 heterocycles. The summed E-state index contributed by atoms with van der Waals surface area (Å²) in [5.41, 5.74) is 2.84. The van der Waals surface area contributed by atoms with Gasteiger partial charge in [-0.25, -0.2) is 4.98 Å². The Morgan fingerprint density at radius 3 is 2.81 bits per heavy atom. The second kappa shape index (κ2) is 6.72. The van der Waals surface area contributed by atoms with Crippen molar-refractivity contribution in [3.63, 3.8) is 0 Å². The van der Waals surface area contributed by atoms with Crippen LogP contribution in [-0.4, -0.2) is 30.5 Å². The molecule has 3 aromatic heterocycles. The topological polar surface area (TPSA) is 88.0 Å². The van der Waals surface area contributed by atoms with Crippen LogP contribution >= 0.6 is 11.3 Å². The van der Waals surface area contributed by atoms with Crippen molar-refractivity contribution in [3.8, 4) is 11.3 Å². The minimum atomic E-state index is -0.158. The molecule has 4 rings (SSSR count). The summed E-state index contributed by atoms with van der Waals surface area (Å²) in [6, 6.07) is 9.99. The van der Waals surface area contributed by atoms with Crippen LogP contribution in [0.5, 0.6) is 0 Å². The maximum absolute atomic E-state index is 12.3. The molecule has 0 atom stereocenters. The monoisotopic (exact) mass is 366 g/mol. The number of fused-ring (bicyclic) bond motifs is 1. The third kappa shape index (κ3) is 3.23. The minimum absolute atomic E-state index is 0.158. The van der Waals surface area contributed by atoms with Crippen LogP contribution in [0.25, 0.3) is 16.2 Å². The number of imidazole rings is 1. The van der Waals surface area contributed by atoms with Crippen LogP contribution in [0, 0.1) is 0 Å². The molecule has 0 bridgehead atoms. The summed E-state index contributed by atoms with van der Waals surface area (Å²) < 4.78 is 1.96. The van der Waals surface area contributed by atoms with Crippen LogP contribution in [0.2, 0.25) is 0 Å². The van der Waals surface area contributed by atoms with Gasteiger partial charge in [-0.05, 0) is 0 Å². The molecule has 0 spiro atoms. The van der Waals surface area contributed by atoms with Crippen LogP contribution in [-0.2, 0) is 11.2 Å². The van der Waals surface area contributed by atoms with E-state index in [4.69, 9.17) is 0 Å². The van der Waals surface area contributed by atoms with Gasteiger partial charge >= 0.3 is 0 Å². The molecule has 0 fully saturated rings. The maximum atomic E-state index is 12.3. The number of carbonyl (C=O) groups is 1. The van der Waals surface area contributed by atoms with Gasteiger partial charge in [-0.15, -0.1) is 16.4 Å². The Kier molecular flexibility index (Phi) is 4.26. The lowest BCUT2D eigenvalue weighted by atomic mass is 10.2. The minimum Gasteiger partial charge on any atom is -0.294 e. The van der Waals surface area contributed by atoms with Gasteiger partial charge in [-0.2, -0.15) is 4.98 Å². The van der Waals surface area contributed by atoms with Gasteiger partial charge < -0.3 is 0 Å². The summed E-state index contributed by atoms with van der Waals surface area (Å²) in [7, 11) is 0. The SMILES string of the molecule is CC(C)c1nc(NC(=O)Cc2csc3nc(-c4ccccc4)cn23)n[nH]1. The smallest absolute Gasteiger partial charge is 0.248 e. The highest BCUT2D eigenvalue weighted by Gasteiger charge is 2.14. The number of hydrogen-bond acceptors (Lipinski definition) is 5. The van der Waals surface area contributed by atoms with Gasteiger partial charge in [0.25, 0.3) is 0 Å². The van der Waals surface area contributed by atoms with Gasteiger partial charge in [0.1, 0.15) is 5.82 Å². The van der Waals surface area contributed by atoms with Gasteiger partial charge in [0.05, 0.1) is 12.1 Å². The first-order valence-electron chi connectivity index (χ1n) is 8.33. The molecule has 1 aromatic carbocycles. The summed E-state index contributed by atoms with van der Waals surface area (Å²) >= 11 is 1.52. The highest BCUT2D eigenvalue weighted by molar-refractivity contribution is 7.15. The van der Waals surface area contributed by atoms with E-state index in [-0.39, 0.29) is 18.2 Å². The lowest BCUT2D eigenvalue weighted by Crippen LogP contribution is -2.16. The third-order valence-electron chi connectivity index (χ3n) is 4.00. The van der Waals surface area contributed by atoms with E-state index in [2.05, 4.69) is 25.5 Å². The van der Waals surface area contributed by atoms with E-state index in [0.717, 1.165) is 27.7 Å². The summed E-state index contributed by atoms with van der Waals surface area (Å²) in [5, 5.41) is 11.5. The van der Waals surface area contributed by atoms with Crippen LogP contribution in [0.3, 0.4) is 0 Å². The number of thiazole rings is 1. The second-order valence-electron chi connectivity index (χ2n) is 6.30. The Labute approximate surface area is 154 Å². The first-order chi connectivity index (χ1) is 12.6. The molecule has 0 aliphatic heterocycles. The molecule has 7 nitrogen and oxygen atoms in total. The van der Waals surface area contributed by atoms with Crippen molar-refractivity contribution in [2.45, 2.75) is 26.2 Å². The van der Waals surface area contributed by atoms with Crippen molar-refractivity contribution in [2.75, 3.05) is 5.32 Å². The van der Waals surface area contributed by atoms with Gasteiger partial charge in [0.15, 0.2) is 4.96 Å². The summed E-state index contributed by atoms with van der Waals surface area (Å²) in [5.74, 6) is 1.13. The summed E-state index contributed by atoms with van der Waals surface area (Å²) in [6.45, 7) is 4.02. The van der Waals surface area contributed by atoms with Gasteiger partial charge in [-0.1, -0.05) is 44.2 Å². The summed E-state index contributed by atoms with van der Waals surface area (Å²) in [6.07, 6.45) is 2.20. The number of amides is 1. The van der Waals surface area contributed by atoms with Gasteiger partial charge in [0.2, 0.25) is 11.9 Å². The van der Waals surface area contributed by atoms with E-state index in [0.29, 0.717) is 5.95 Å². The molecular weight excluding hydrogens is 348 g/mol. The van der Waals surface area contributed by atoms with Gasteiger partial charge in [0, 0.05) is 28.8 Å². The molecule has 0 saturated heterocycles. The fourth-order valence-electron chi connectivity index (χ4n) is 2.63. The second-order valence-corrected chi connectivity index (χ2v) is 7.13. The van der Waals surface area contributed by atoms with E-state index in [1.165, 1.54) is 11.3 Å². The van der Waals surface area contributed by atoms with E-state index < -0.39 is 0 Å². The molecule has 0 saturated carbocycles. The van der Waals surface area contributed by atoms with E-state index >= 15 is 0 Å². The zero-order chi connectivity index (χ0) is 18.1. The number of nitrogens with one attached hydrogen (secondary N) is 2. The Morgan fingerprint density at radius 2 is 2.08 bits per heavy atom.